The fraction of sp³-hybridized carbons (Fsp3) is 0.321. The molecule has 1 N–H and O–H groups in total. The van der Waals surface area contributed by atoms with E-state index in [1.165, 1.54) is 16.1 Å². The molecule has 0 aliphatic carbocycles. The smallest absolute Gasteiger partial charge is 0.309 e. The number of carboxylic acids is 1. The summed E-state index contributed by atoms with van der Waals surface area (Å²) in [4.78, 5) is 13.9. The van der Waals surface area contributed by atoms with Gasteiger partial charge in [-0.1, -0.05) is 60.3 Å². The molecule has 0 radical (unpaired) electrons. The molecule has 0 aromatic heterocycles. The van der Waals surface area contributed by atoms with Gasteiger partial charge in [-0.05, 0) is 67.4 Å². The van der Waals surface area contributed by atoms with Crippen molar-refractivity contribution in [2.45, 2.75) is 53.8 Å². The van der Waals surface area contributed by atoms with Crippen LogP contribution in [0.4, 0.5) is 0 Å². The van der Waals surface area contributed by atoms with Crippen molar-refractivity contribution in [3.63, 3.8) is 0 Å². The van der Waals surface area contributed by atoms with Gasteiger partial charge < -0.3 is 9.84 Å². The second kappa shape index (κ2) is 11.9. The summed E-state index contributed by atoms with van der Waals surface area (Å²) in [5.74, 6) is -1.44. The molecular weight excluding hydrogens is 565 g/mol. The molecule has 4 atom stereocenters. The van der Waals surface area contributed by atoms with Gasteiger partial charge in [-0.3, -0.25) is 4.79 Å². The van der Waals surface area contributed by atoms with E-state index in [1.54, 1.807) is 61.7 Å². The fourth-order valence-electron chi connectivity index (χ4n) is 4.96. The highest BCUT2D eigenvalue weighted by atomic mass is 35.5. The summed E-state index contributed by atoms with van der Waals surface area (Å²) in [6.45, 7) is 3.85. The summed E-state index contributed by atoms with van der Waals surface area (Å²) in [6.07, 6.45) is 1.16. The zero-order valence-electron chi connectivity index (χ0n) is 21.2. The normalized spacial score (nSPS) is 21.9. The van der Waals surface area contributed by atoms with E-state index in [2.05, 4.69) is 0 Å². The number of ether oxygens (including phenoxy) is 1. The average molecular weight is 595 g/mol. The largest absolute Gasteiger partial charge is 0.497 e. The lowest BCUT2D eigenvalue weighted by Gasteiger charge is -2.31. The molecule has 1 heterocycles. The summed E-state index contributed by atoms with van der Waals surface area (Å²) in [5.41, 5.74) is 1.41. The second-order valence-electron chi connectivity index (χ2n) is 9.24. The minimum absolute atomic E-state index is 0.119. The number of benzene rings is 3. The quantitative estimate of drug-likeness (QED) is 0.285. The molecule has 3 aromatic carbocycles. The Bertz CT molecular complexity index is 1400. The lowest BCUT2D eigenvalue weighted by Crippen LogP contribution is -2.40. The maximum atomic E-state index is 14.3. The van der Waals surface area contributed by atoms with E-state index < -0.39 is 39.2 Å². The summed E-state index contributed by atoms with van der Waals surface area (Å²) >= 11 is 13.9. The van der Waals surface area contributed by atoms with E-state index >= 15 is 0 Å². The number of aliphatic carboxylic acids is 1. The molecule has 6 nitrogen and oxygen atoms in total. The Balaban J connectivity index is 1.91. The molecule has 1 fully saturated rings. The predicted molar refractivity (Wildman–Crippen MR) is 152 cm³/mol. The molecule has 1 aliphatic heterocycles. The minimum atomic E-state index is -4.09. The summed E-state index contributed by atoms with van der Waals surface area (Å²) in [5, 5.41) is 10.5. The van der Waals surface area contributed by atoms with Gasteiger partial charge >= 0.3 is 5.97 Å². The third kappa shape index (κ3) is 5.70. The number of aryl methyl sites for hydroxylation is 1. The molecule has 0 bridgehead atoms. The zero-order chi connectivity index (χ0) is 27.6. The molecule has 1 aliphatic rings. The van der Waals surface area contributed by atoms with Gasteiger partial charge in [0.1, 0.15) is 5.75 Å². The molecule has 3 aromatic rings. The Morgan fingerprint density at radius 1 is 1.03 bits per heavy atom. The molecular formula is C28H29Cl2NO5S2. The highest BCUT2D eigenvalue weighted by molar-refractivity contribution is 8.00. The van der Waals surface area contributed by atoms with Crippen molar-refractivity contribution in [1.82, 2.24) is 4.31 Å². The van der Waals surface area contributed by atoms with Crippen LogP contribution >= 0.6 is 35.0 Å². The van der Waals surface area contributed by atoms with Crippen LogP contribution in [-0.2, 0) is 14.8 Å². The molecule has 10 heteroatoms. The van der Waals surface area contributed by atoms with Gasteiger partial charge in [-0.2, -0.15) is 4.31 Å². The van der Waals surface area contributed by atoms with Gasteiger partial charge in [0.15, 0.2) is 0 Å². The second-order valence-corrected chi connectivity index (χ2v) is 13.2. The number of thioether (sulfide) groups is 1. The molecule has 38 heavy (non-hydrogen) atoms. The Morgan fingerprint density at radius 3 is 2.24 bits per heavy atom. The van der Waals surface area contributed by atoms with Crippen molar-refractivity contribution >= 4 is 51.0 Å². The highest BCUT2D eigenvalue weighted by Gasteiger charge is 2.57. The van der Waals surface area contributed by atoms with Gasteiger partial charge in [0.2, 0.25) is 10.0 Å². The van der Waals surface area contributed by atoms with E-state index in [1.807, 2.05) is 26.0 Å². The number of rotatable bonds is 9. The number of carboxylic acid groups (broad SMARTS) is 1. The van der Waals surface area contributed by atoms with Crippen molar-refractivity contribution in [1.29, 1.82) is 0 Å². The van der Waals surface area contributed by atoms with Gasteiger partial charge in [0.25, 0.3) is 0 Å². The van der Waals surface area contributed by atoms with E-state index in [0.717, 1.165) is 10.5 Å². The lowest BCUT2D eigenvalue weighted by molar-refractivity contribution is -0.142. The molecule has 1 saturated heterocycles. The summed E-state index contributed by atoms with van der Waals surface area (Å²) < 4.78 is 35.2. The van der Waals surface area contributed by atoms with Crippen molar-refractivity contribution < 1.29 is 23.1 Å². The Kier molecular flexibility index (Phi) is 9.00. The van der Waals surface area contributed by atoms with Crippen molar-refractivity contribution in [3.8, 4) is 5.75 Å². The number of carbonyl (C=O) groups is 1. The first-order chi connectivity index (χ1) is 18.1. The average Bonchev–Trinajstić information content (AvgIpc) is 3.21. The third-order valence-corrected chi connectivity index (χ3v) is 10.8. The molecule has 0 amide bonds. The number of halogens is 2. The molecule has 2 unspecified atom stereocenters. The Morgan fingerprint density at radius 2 is 1.68 bits per heavy atom. The number of nitrogens with zero attached hydrogens (tertiary/aromatic N) is 1. The zero-order valence-corrected chi connectivity index (χ0v) is 24.3. The van der Waals surface area contributed by atoms with Crippen LogP contribution in [0.15, 0.2) is 76.5 Å². The third-order valence-electron chi connectivity index (χ3n) is 6.76. The molecule has 4 rings (SSSR count). The lowest BCUT2D eigenvalue weighted by atomic mass is 9.92. The van der Waals surface area contributed by atoms with Crippen LogP contribution in [-0.4, -0.2) is 42.2 Å². The minimum Gasteiger partial charge on any atom is -0.497 e. The van der Waals surface area contributed by atoms with Crippen LogP contribution < -0.4 is 4.74 Å². The predicted octanol–water partition coefficient (Wildman–Crippen LogP) is 7.09. The number of methoxy groups -OCH3 is 1. The summed E-state index contributed by atoms with van der Waals surface area (Å²) in [7, 11) is -2.51. The van der Waals surface area contributed by atoms with Crippen LogP contribution in [0.5, 0.6) is 5.75 Å². The molecule has 0 saturated carbocycles. The van der Waals surface area contributed by atoms with Crippen molar-refractivity contribution in [2.75, 3.05) is 7.11 Å². The number of hydrogen-bond acceptors (Lipinski definition) is 5. The van der Waals surface area contributed by atoms with Gasteiger partial charge in [0.05, 0.1) is 34.0 Å². The van der Waals surface area contributed by atoms with Crippen LogP contribution in [0.2, 0.25) is 10.0 Å². The molecule has 0 spiro atoms. The van der Waals surface area contributed by atoms with E-state index in [-0.39, 0.29) is 9.92 Å². The first kappa shape index (κ1) is 28.8. The van der Waals surface area contributed by atoms with Crippen molar-refractivity contribution in [2.24, 2.45) is 5.92 Å². The standard InChI is InChI=1S/C28H29Cl2NO5S2/c1-4-5-24-27(37-20-11-9-19(36-3)10-12-20)25(28(32)33)26(18-8-15-22(29)23(30)16-18)31(24)38(34,35)21-13-6-17(2)7-14-21/h6-16,24-27H,4-5H2,1-3H3,(H,32,33)/t24?,25-,26?,27+/m0/s1. The van der Waals surface area contributed by atoms with Crippen LogP contribution in [0.1, 0.15) is 36.9 Å². The van der Waals surface area contributed by atoms with Crippen molar-refractivity contribution in [3.05, 3.63) is 87.9 Å². The van der Waals surface area contributed by atoms with Gasteiger partial charge in [0, 0.05) is 16.2 Å². The number of sulfonamides is 1. The highest BCUT2D eigenvalue weighted by Crippen LogP contribution is 2.52. The van der Waals surface area contributed by atoms with Gasteiger partial charge in [-0.25, -0.2) is 8.42 Å². The number of hydrogen-bond donors (Lipinski definition) is 1. The topological polar surface area (TPSA) is 83.9 Å². The van der Waals surface area contributed by atoms with Crippen LogP contribution in [0, 0.1) is 12.8 Å². The van der Waals surface area contributed by atoms with E-state index in [4.69, 9.17) is 27.9 Å². The monoisotopic (exact) mass is 593 g/mol. The summed E-state index contributed by atoms with van der Waals surface area (Å²) in [6, 6.07) is 17.2. The Labute approximate surface area is 238 Å². The first-order valence-electron chi connectivity index (χ1n) is 12.2. The Hall–Kier alpha value is -2.23. The maximum Gasteiger partial charge on any atom is 0.309 e. The van der Waals surface area contributed by atoms with Crippen LogP contribution in [0.25, 0.3) is 0 Å². The maximum absolute atomic E-state index is 14.3. The molecule has 202 valence electrons. The fourth-order valence-corrected chi connectivity index (χ4v) is 8.66. The van der Waals surface area contributed by atoms with E-state index in [9.17, 15) is 18.3 Å². The SMILES string of the molecule is CCCC1[C@@H](Sc2ccc(OC)cc2)[C@@H](C(=O)O)C(c2ccc(Cl)c(Cl)c2)N1S(=O)(=O)c1ccc(C)cc1. The van der Waals surface area contributed by atoms with Gasteiger partial charge in [-0.15, -0.1) is 11.8 Å². The first-order valence-corrected chi connectivity index (χ1v) is 15.2. The van der Waals surface area contributed by atoms with Crippen LogP contribution in [0.3, 0.4) is 0 Å². The van der Waals surface area contributed by atoms with E-state index in [0.29, 0.717) is 29.2 Å².